The average molecular weight is 296 g/mol. The highest BCUT2D eigenvalue weighted by molar-refractivity contribution is 9.10. The lowest BCUT2D eigenvalue weighted by atomic mass is 10.1. The minimum atomic E-state index is 0.0114. The largest absolute Gasteiger partial charge is 0.399 e. The molecule has 0 spiro atoms. The number of nitrogens with two attached hydrogens (primary N) is 1. The zero-order chi connectivity index (χ0) is 11.7. The lowest BCUT2D eigenvalue weighted by Gasteiger charge is -2.01. The van der Waals surface area contributed by atoms with E-state index in [-0.39, 0.29) is 5.78 Å². The first-order chi connectivity index (χ1) is 7.56. The number of nitrogen functional groups attached to an aromatic ring is 1. The molecular formula is C12H10BrNOS. The molecule has 2 aromatic rings. The number of thiophene rings is 1. The lowest BCUT2D eigenvalue weighted by Crippen LogP contribution is -2.00. The average Bonchev–Trinajstić information content (AvgIpc) is 2.62. The molecule has 16 heavy (non-hydrogen) atoms. The molecule has 0 aliphatic heterocycles. The summed E-state index contributed by atoms with van der Waals surface area (Å²) in [7, 11) is 0. The second-order valence-electron chi connectivity index (χ2n) is 3.55. The summed E-state index contributed by atoms with van der Waals surface area (Å²) in [6, 6.07) is 7.14. The molecule has 0 saturated heterocycles. The Labute approximate surface area is 106 Å². The third-order valence-electron chi connectivity index (χ3n) is 2.18. The van der Waals surface area contributed by atoms with Gasteiger partial charge in [-0.05, 0) is 31.2 Å². The molecule has 1 aromatic carbocycles. The van der Waals surface area contributed by atoms with Gasteiger partial charge in [-0.1, -0.05) is 15.9 Å². The van der Waals surface area contributed by atoms with Crippen LogP contribution in [0.1, 0.15) is 20.8 Å². The Morgan fingerprint density at radius 2 is 2.00 bits per heavy atom. The van der Waals surface area contributed by atoms with Gasteiger partial charge < -0.3 is 5.73 Å². The van der Waals surface area contributed by atoms with Gasteiger partial charge in [0.2, 0.25) is 0 Å². The number of aryl methyl sites for hydroxylation is 1. The van der Waals surface area contributed by atoms with E-state index < -0.39 is 0 Å². The number of hydrogen-bond donors (Lipinski definition) is 1. The first kappa shape index (κ1) is 11.4. The SMILES string of the molecule is Cc1cc(C(=O)c2cc(N)cc(Br)c2)cs1. The highest BCUT2D eigenvalue weighted by atomic mass is 79.9. The van der Waals surface area contributed by atoms with Gasteiger partial charge in [0.05, 0.1) is 0 Å². The Morgan fingerprint density at radius 3 is 2.56 bits per heavy atom. The van der Waals surface area contributed by atoms with Gasteiger partial charge in [-0.2, -0.15) is 0 Å². The Balaban J connectivity index is 2.41. The maximum absolute atomic E-state index is 12.1. The molecule has 0 radical (unpaired) electrons. The second kappa shape index (κ2) is 4.39. The molecule has 0 aliphatic rings. The van der Waals surface area contributed by atoms with Crippen LogP contribution >= 0.6 is 27.3 Å². The highest BCUT2D eigenvalue weighted by Crippen LogP contribution is 2.22. The van der Waals surface area contributed by atoms with Crippen molar-refractivity contribution in [1.29, 1.82) is 0 Å². The van der Waals surface area contributed by atoms with Gasteiger partial charge >= 0.3 is 0 Å². The van der Waals surface area contributed by atoms with Crippen LogP contribution in [0.25, 0.3) is 0 Å². The molecule has 1 aromatic heterocycles. The molecule has 2 nitrogen and oxygen atoms in total. The van der Waals surface area contributed by atoms with Gasteiger partial charge in [0.15, 0.2) is 5.78 Å². The van der Waals surface area contributed by atoms with Gasteiger partial charge in [-0.25, -0.2) is 0 Å². The Bertz CT molecular complexity index is 527. The molecule has 0 saturated carbocycles. The van der Waals surface area contributed by atoms with E-state index in [0.717, 1.165) is 14.9 Å². The minimum absolute atomic E-state index is 0.0114. The van der Waals surface area contributed by atoms with Crippen molar-refractivity contribution < 1.29 is 4.79 Å². The summed E-state index contributed by atoms with van der Waals surface area (Å²) < 4.78 is 0.822. The monoisotopic (exact) mass is 295 g/mol. The predicted octanol–water partition coefficient (Wildman–Crippen LogP) is 3.63. The Hall–Kier alpha value is -1.13. The van der Waals surface area contributed by atoms with E-state index in [2.05, 4.69) is 15.9 Å². The normalized spacial score (nSPS) is 10.4. The second-order valence-corrected chi connectivity index (χ2v) is 5.58. The van der Waals surface area contributed by atoms with Crippen molar-refractivity contribution in [3.8, 4) is 0 Å². The maximum Gasteiger partial charge on any atom is 0.193 e. The van der Waals surface area contributed by atoms with Crippen LogP contribution in [0.2, 0.25) is 0 Å². The quantitative estimate of drug-likeness (QED) is 0.679. The fourth-order valence-electron chi connectivity index (χ4n) is 1.47. The van der Waals surface area contributed by atoms with Crippen LogP contribution < -0.4 is 5.73 Å². The first-order valence-corrected chi connectivity index (χ1v) is 6.39. The van der Waals surface area contributed by atoms with Gasteiger partial charge in [0, 0.05) is 31.5 Å². The highest BCUT2D eigenvalue weighted by Gasteiger charge is 2.11. The van der Waals surface area contributed by atoms with Crippen molar-refractivity contribution >= 4 is 38.7 Å². The van der Waals surface area contributed by atoms with E-state index in [4.69, 9.17) is 5.73 Å². The Kier molecular flexibility index (Phi) is 3.12. The molecule has 0 unspecified atom stereocenters. The van der Waals surface area contributed by atoms with Gasteiger partial charge in [-0.15, -0.1) is 11.3 Å². The van der Waals surface area contributed by atoms with E-state index in [1.807, 2.05) is 18.4 Å². The number of carbonyl (C=O) groups excluding carboxylic acids is 1. The Morgan fingerprint density at radius 1 is 1.25 bits per heavy atom. The summed E-state index contributed by atoms with van der Waals surface area (Å²) >= 11 is 4.90. The van der Waals surface area contributed by atoms with Crippen LogP contribution in [-0.2, 0) is 0 Å². The van der Waals surface area contributed by atoms with E-state index in [9.17, 15) is 4.79 Å². The van der Waals surface area contributed by atoms with E-state index in [0.29, 0.717) is 11.3 Å². The minimum Gasteiger partial charge on any atom is -0.399 e. The van der Waals surface area contributed by atoms with Crippen LogP contribution in [0.3, 0.4) is 0 Å². The molecule has 0 aliphatic carbocycles. The van der Waals surface area contributed by atoms with Gasteiger partial charge in [0.25, 0.3) is 0 Å². The summed E-state index contributed by atoms with van der Waals surface area (Å²) in [5, 5.41) is 1.87. The number of hydrogen-bond acceptors (Lipinski definition) is 3. The van der Waals surface area contributed by atoms with Crippen molar-refractivity contribution in [3.05, 3.63) is 50.1 Å². The molecule has 2 N–H and O–H groups in total. The molecule has 1 heterocycles. The maximum atomic E-state index is 12.1. The zero-order valence-electron chi connectivity index (χ0n) is 8.66. The summed E-state index contributed by atoms with van der Waals surface area (Å²) in [5.41, 5.74) is 7.63. The predicted molar refractivity (Wildman–Crippen MR) is 71.0 cm³/mol. The van der Waals surface area contributed by atoms with Crippen LogP contribution in [0.5, 0.6) is 0 Å². The summed E-state index contributed by atoms with van der Waals surface area (Å²) in [5.74, 6) is 0.0114. The standard InChI is InChI=1S/C12H10BrNOS/c1-7-2-9(6-16-7)12(15)8-3-10(13)5-11(14)4-8/h2-6H,14H2,1H3. The first-order valence-electron chi connectivity index (χ1n) is 4.72. The summed E-state index contributed by atoms with van der Waals surface area (Å²) in [4.78, 5) is 13.2. The van der Waals surface area contributed by atoms with Crippen molar-refractivity contribution in [2.24, 2.45) is 0 Å². The van der Waals surface area contributed by atoms with E-state index >= 15 is 0 Å². The third-order valence-corrected chi connectivity index (χ3v) is 3.49. The van der Waals surface area contributed by atoms with Crippen molar-refractivity contribution in [2.75, 3.05) is 5.73 Å². The van der Waals surface area contributed by atoms with Gasteiger partial charge in [0.1, 0.15) is 0 Å². The van der Waals surface area contributed by atoms with Crippen molar-refractivity contribution in [1.82, 2.24) is 0 Å². The van der Waals surface area contributed by atoms with Crippen molar-refractivity contribution in [2.45, 2.75) is 6.92 Å². The number of halogens is 1. The summed E-state index contributed by atoms with van der Waals surface area (Å²) in [6.45, 7) is 1.98. The third kappa shape index (κ3) is 2.33. The summed E-state index contributed by atoms with van der Waals surface area (Å²) in [6.07, 6.45) is 0. The van der Waals surface area contributed by atoms with E-state index in [1.54, 1.807) is 29.5 Å². The van der Waals surface area contributed by atoms with Crippen LogP contribution in [-0.4, -0.2) is 5.78 Å². The fourth-order valence-corrected chi connectivity index (χ4v) is 2.67. The molecule has 2 rings (SSSR count). The molecule has 0 atom stereocenters. The number of carbonyl (C=O) groups is 1. The van der Waals surface area contributed by atoms with Crippen LogP contribution in [0.15, 0.2) is 34.1 Å². The number of ketones is 1. The fraction of sp³-hybridized carbons (Fsp3) is 0.0833. The van der Waals surface area contributed by atoms with Crippen LogP contribution in [0, 0.1) is 6.92 Å². The zero-order valence-corrected chi connectivity index (χ0v) is 11.1. The smallest absolute Gasteiger partial charge is 0.193 e. The molecule has 4 heteroatoms. The number of benzene rings is 1. The topological polar surface area (TPSA) is 43.1 Å². The molecular weight excluding hydrogens is 286 g/mol. The molecule has 0 bridgehead atoms. The van der Waals surface area contributed by atoms with Gasteiger partial charge in [-0.3, -0.25) is 4.79 Å². The van der Waals surface area contributed by atoms with Crippen molar-refractivity contribution in [3.63, 3.8) is 0 Å². The lowest BCUT2D eigenvalue weighted by molar-refractivity contribution is 0.103. The van der Waals surface area contributed by atoms with E-state index in [1.165, 1.54) is 0 Å². The molecule has 0 amide bonds. The number of rotatable bonds is 2. The van der Waals surface area contributed by atoms with Crippen LogP contribution in [0.4, 0.5) is 5.69 Å². The molecule has 82 valence electrons. The number of anilines is 1. The molecule has 0 fully saturated rings.